The lowest BCUT2D eigenvalue weighted by Gasteiger charge is -2.30. The van der Waals surface area contributed by atoms with E-state index in [1.54, 1.807) is 0 Å². The quantitative estimate of drug-likeness (QED) is 0.0537. The number of carboxylic acid groups (broad SMARTS) is 1. The Kier molecular flexibility index (Phi) is 16.1. The number of fused-ring (bicyclic) bond motifs is 1. The summed E-state index contributed by atoms with van der Waals surface area (Å²) in [5.74, 6) is -3.52. The van der Waals surface area contributed by atoms with Crippen molar-refractivity contribution in [3.8, 4) is 0 Å². The topological polar surface area (TPSA) is 421 Å². The van der Waals surface area contributed by atoms with E-state index in [0.29, 0.717) is 0 Å². The fraction of sp³-hybridized carbons (Fsp3) is 0.667. The van der Waals surface area contributed by atoms with Gasteiger partial charge in [-0.2, -0.15) is 4.31 Å². The molecule has 0 spiro atoms. The van der Waals surface area contributed by atoms with Crippen LogP contribution in [0.4, 0.5) is 5.82 Å². The minimum Gasteiger partial charge on any atom is -0.481 e. The molecular weight excluding hydrogens is 835 g/mol. The van der Waals surface area contributed by atoms with Gasteiger partial charge in [0.05, 0.1) is 31.6 Å². The van der Waals surface area contributed by atoms with E-state index in [9.17, 15) is 67.8 Å². The van der Waals surface area contributed by atoms with Crippen molar-refractivity contribution in [3.05, 3.63) is 12.7 Å². The number of ether oxygens (including phenoxy) is 1. The van der Waals surface area contributed by atoms with Crippen LogP contribution in [0.25, 0.3) is 11.2 Å². The average Bonchev–Trinajstić information content (AvgIpc) is 3.61. The monoisotopic (exact) mass is 879 g/mol. The van der Waals surface area contributed by atoms with Gasteiger partial charge in [0.25, 0.3) is 0 Å². The molecule has 27 nitrogen and oxygen atoms in total. The number of aromatic nitrogens is 4. The van der Waals surface area contributed by atoms with Crippen LogP contribution in [0.3, 0.4) is 0 Å². The van der Waals surface area contributed by atoms with Gasteiger partial charge in [-0.05, 0) is 6.92 Å². The van der Waals surface area contributed by atoms with Crippen LogP contribution in [0, 0.1) is 5.41 Å². The van der Waals surface area contributed by atoms with Crippen molar-refractivity contribution < 1.29 is 95.5 Å². The highest BCUT2D eigenvalue weighted by Gasteiger charge is 2.50. The van der Waals surface area contributed by atoms with Crippen LogP contribution < -0.4 is 16.4 Å². The van der Waals surface area contributed by atoms with Gasteiger partial charge in [-0.25, -0.2) is 28.6 Å². The molecule has 3 rings (SSSR count). The number of carboxylic acids is 1. The van der Waals surface area contributed by atoms with E-state index < -0.39 is 115 Å². The van der Waals surface area contributed by atoms with Crippen LogP contribution in [0.2, 0.25) is 0 Å². The molecule has 1 aliphatic rings. The number of imidazole rings is 1. The van der Waals surface area contributed by atoms with Gasteiger partial charge in [0.15, 0.2) is 17.7 Å². The normalized spacial score (nSPS) is 22.6. The summed E-state index contributed by atoms with van der Waals surface area (Å²) in [4.78, 5) is 98.2. The number of aliphatic hydroxyl groups excluding tert-OH is 2. The second-order valence-corrected chi connectivity index (χ2v) is 17.8. The van der Waals surface area contributed by atoms with E-state index >= 15 is 0 Å². The number of phosphoric ester groups is 3. The molecule has 7 unspecified atom stereocenters. The lowest BCUT2D eigenvalue weighted by Crippen LogP contribution is -2.46. The van der Waals surface area contributed by atoms with E-state index in [1.807, 2.05) is 0 Å². The molecule has 0 saturated carbocycles. The number of aliphatic carboxylic acids is 1. The summed E-state index contributed by atoms with van der Waals surface area (Å²) in [6.45, 7) is 1.05. The Bertz CT molecular complexity index is 1920. The predicted molar refractivity (Wildman–Crippen MR) is 187 cm³/mol. The van der Waals surface area contributed by atoms with Crippen molar-refractivity contribution >= 4 is 64.0 Å². The second kappa shape index (κ2) is 19.1. The Morgan fingerprint density at radius 1 is 0.982 bits per heavy atom. The standard InChI is InChI=1S/C27H44N7O20P3/c1-26(2,21(40)24(41)30-7-5-16(36)29-6-4-14(35)8-27(3,42)9-17(37)38)11-51-57(48,49)54-56(46,47)50-10-15-20(53-55(43,44)45)19(39)25(52-15)34-13-33-18-22(28)31-12-32-23(18)34/h12-13,15,19-21,25,39-40,42H,4-11H2,1-3H3,(H,29,36)(H,30,41)(H,37,38)(H,46,47)(H,48,49)(H2,28,31,32)(H2,43,44,45)/t15?,19?,20?,21?,25?,27-/m1/s1. The van der Waals surface area contributed by atoms with Gasteiger partial charge < -0.3 is 61.1 Å². The van der Waals surface area contributed by atoms with Crippen LogP contribution in [0.1, 0.15) is 52.7 Å². The number of hydrogen-bond acceptors (Lipinski definition) is 19. The number of phosphoric acid groups is 3. The molecule has 2 amide bonds. The minimum atomic E-state index is -5.60. The van der Waals surface area contributed by atoms with E-state index in [2.05, 4.69) is 34.4 Å². The number of carbonyl (C=O) groups is 4. The number of hydrogen-bond donors (Lipinski definition) is 11. The van der Waals surface area contributed by atoms with Crippen LogP contribution in [-0.2, 0) is 55.5 Å². The molecule has 1 aliphatic heterocycles. The fourth-order valence-corrected chi connectivity index (χ4v) is 8.01. The maximum absolute atomic E-state index is 12.7. The number of amides is 2. The third kappa shape index (κ3) is 14.8. The molecule has 12 N–H and O–H groups in total. The first-order valence-corrected chi connectivity index (χ1v) is 21.0. The summed E-state index contributed by atoms with van der Waals surface area (Å²) in [7, 11) is -16.5. The number of carbonyl (C=O) groups excluding carboxylic acids is 3. The number of aliphatic hydroxyl groups is 3. The van der Waals surface area contributed by atoms with Gasteiger partial charge in [0, 0.05) is 37.8 Å². The van der Waals surface area contributed by atoms with E-state index in [0.717, 1.165) is 17.2 Å². The first-order chi connectivity index (χ1) is 26.1. The summed E-state index contributed by atoms with van der Waals surface area (Å²) in [6.07, 6.45) is -8.55. The van der Waals surface area contributed by atoms with Crippen molar-refractivity contribution in [3.63, 3.8) is 0 Å². The Labute approximate surface area is 322 Å². The molecule has 0 aliphatic carbocycles. The van der Waals surface area contributed by atoms with E-state index in [1.165, 1.54) is 20.8 Å². The van der Waals surface area contributed by atoms with Gasteiger partial charge >= 0.3 is 29.4 Å². The predicted octanol–water partition coefficient (Wildman–Crippen LogP) is -2.02. The summed E-state index contributed by atoms with van der Waals surface area (Å²) in [5.41, 5.74) is 2.39. The Morgan fingerprint density at radius 3 is 2.25 bits per heavy atom. The summed E-state index contributed by atoms with van der Waals surface area (Å²) < 4.78 is 61.9. The number of nitrogen functional groups attached to an aromatic ring is 1. The first-order valence-electron chi connectivity index (χ1n) is 16.5. The summed E-state index contributed by atoms with van der Waals surface area (Å²) >= 11 is 0. The van der Waals surface area contributed by atoms with Crippen LogP contribution in [0.5, 0.6) is 0 Å². The minimum absolute atomic E-state index is 0.0131. The Morgan fingerprint density at radius 2 is 1.61 bits per heavy atom. The number of rotatable bonds is 23. The number of ketones is 1. The molecule has 0 radical (unpaired) electrons. The first kappa shape index (κ1) is 48.0. The van der Waals surface area contributed by atoms with Gasteiger partial charge in [0.1, 0.15) is 42.0 Å². The summed E-state index contributed by atoms with van der Waals surface area (Å²) in [6, 6.07) is 0. The zero-order valence-corrected chi connectivity index (χ0v) is 33.1. The van der Waals surface area contributed by atoms with Crippen molar-refractivity contribution in [1.29, 1.82) is 0 Å². The molecule has 2 aromatic rings. The molecular formula is C27H44N7O20P3. The van der Waals surface area contributed by atoms with Crippen molar-refractivity contribution in [2.75, 3.05) is 32.0 Å². The molecule has 57 heavy (non-hydrogen) atoms. The second-order valence-electron chi connectivity index (χ2n) is 13.6. The molecule has 1 saturated heterocycles. The van der Waals surface area contributed by atoms with Crippen molar-refractivity contribution in [2.45, 2.75) is 82.7 Å². The lowest BCUT2D eigenvalue weighted by molar-refractivity contribution is -0.143. The van der Waals surface area contributed by atoms with Crippen molar-refractivity contribution in [2.24, 2.45) is 5.41 Å². The van der Waals surface area contributed by atoms with Gasteiger partial charge in [0.2, 0.25) is 11.8 Å². The Balaban J connectivity index is 1.49. The highest BCUT2D eigenvalue weighted by Crippen LogP contribution is 2.61. The number of nitrogens with zero attached hydrogens (tertiary/aromatic N) is 4. The van der Waals surface area contributed by atoms with Gasteiger partial charge in [-0.3, -0.25) is 37.3 Å². The lowest BCUT2D eigenvalue weighted by atomic mass is 9.87. The molecule has 1 fully saturated rings. The Hall–Kier alpha value is -3.36. The SMILES string of the molecule is CC(C)(COP(=O)(O)OP(=O)(O)OCC1OC(n2cnc3c(N)ncnc32)C(O)C1OP(=O)(O)O)C(O)C(=O)NCCC(=O)NCCC(=O)C[C@@](C)(O)CC(=O)O. The fourth-order valence-electron chi connectivity index (χ4n) is 5.18. The molecule has 0 aromatic carbocycles. The molecule has 322 valence electrons. The van der Waals surface area contributed by atoms with Crippen LogP contribution in [-0.4, -0.2) is 139 Å². The molecule has 8 atom stereocenters. The average molecular weight is 880 g/mol. The number of nitrogens with one attached hydrogen (secondary N) is 2. The molecule has 30 heteroatoms. The number of anilines is 1. The van der Waals surface area contributed by atoms with Gasteiger partial charge in [-0.15, -0.1) is 0 Å². The molecule has 0 bridgehead atoms. The maximum Gasteiger partial charge on any atom is 0.481 e. The molecule has 3 heterocycles. The van der Waals surface area contributed by atoms with Crippen LogP contribution in [0.15, 0.2) is 12.7 Å². The number of Topliss-reactive ketones (excluding diaryl/α,β-unsaturated/α-hetero) is 1. The van der Waals surface area contributed by atoms with E-state index in [4.69, 9.17) is 24.6 Å². The highest BCUT2D eigenvalue weighted by atomic mass is 31.3. The maximum atomic E-state index is 12.7. The highest BCUT2D eigenvalue weighted by molar-refractivity contribution is 7.61. The summed E-state index contributed by atoms with van der Waals surface area (Å²) in [5, 5.41) is 44.8. The third-order valence-electron chi connectivity index (χ3n) is 7.91. The van der Waals surface area contributed by atoms with Gasteiger partial charge in [-0.1, -0.05) is 13.8 Å². The smallest absolute Gasteiger partial charge is 0.481 e. The van der Waals surface area contributed by atoms with Crippen LogP contribution >= 0.6 is 23.5 Å². The number of nitrogens with two attached hydrogens (primary N) is 1. The molecule has 2 aromatic heterocycles. The zero-order chi connectivity index (χ0) is 43.1. The van der Waals surface area contributed by atoms with Crippen molar-refractivity contribution in [1.82, 2.24) is 30.2 Å². The zero-order valence-electron chi connectivity index (χ0n) is 30.4. The largest absolute Gasteiger partial charge is 0.481 e. The van der Waals surface area contributed by atoms with E-state index in [-0.39, 0.29) is 42.9 Å². The third-order valence-corrected chi connectivity index (χ3v) is 11.0.